The number of likely N-dealkylation sites (N-methyl/N-ethyl adjacent to an activating group) is 1. The SMILES string of the molecule is CNC(/C=C\NC(C)C)=C/c1ccnc(C)c1/C=C(\C)C(C)C. The minimum absolute atomic E-state index is 0.430. The van der Waals surface area contributed by atoms with Gasteiger partial charge in [-0.25, -0.2) is 0 Å². The van der Waals surface area contributed by atoms with Crippen LogP contribution in [0.1, 0.15) is 51.4 Å². The summed E-state index contributed by atoms with van der Waals surface area (Å²) in [6, 6.07) is 2.49. The van der Waals surface area contributed by atoms with E-state index in [1.54, 1.807) is 0 Å². The number of nitrogens with zero attached hydrogens (tertiary/aromatic N) is 1. The monoisotopic (exact) mass is 313 g/mol. The van der Waals surface area contributed by atoms with Gasteiger partial charge in [0.25, 0.3) is 0 Å². The van der Waals surface area contributed by atoms with Gasteiger partial charge in [-0.15, -0.1) is 0 Å². The maximum Gasteiger partial charge on any atom is 0.0450 e. The molecule has 1 rings (SSSR count). The molecule has 0 saturated carbocycles. The van der Waals surface area contributed by atoms with Crippen molar-refractivity contribution in [3.63, 3.8) is 0 Å². The van der Waals surface area contributed by atoms with Gasteiger partial charge in [0.1, 0.15) is 0 Å². The number of aryl methyl sites for hydroxylation is 1. The molecule has 0 aliphatic rings. The molecule has 0 bridgehead atoms. The first-order valence-corrected chi connectivity index (χ1v) is 8.31. The molecule has 0 aromatic carbocycles. The second-order valence-corrected chi connectivity index (χ2v) is 6.45. The highest BCUT2D eigenvalue weighted by molar-refractivity contribution is 5.69. The molecule has 23 heavy (non-hydrogen) atoms. The molecule has 0 amide bonds. The summed E-state index contributed by atoms with van der Waals surface area (Å²) in [5.41, 5.74) is 5.84. The first-order chi connectivity index (χ1) is 10.8. The van der Waals surface area contributed by atoms with Gasteiger partial charge in [-0.2, -0.15) is 0 Å². The second-order valence-electron chi connectivity index (χ2n) is 6.45. The summed E-state index contributed by atoms with van der Waals surface area (Å²) in [4.78, 5) is 4.45. The summed E-state index contributed by atoms with van der Waals surface area (Å²) in [6.07, 6.45) is 10.3. The smallest absolute Gasteiger partial charge is 0.0450 e. The van der Waals surface area contributed by atoms with Gasteiger partial charge >= 0.3 is 0 Å². The fourth-order valence-corrected chi connectivity index (χ4v) is 2.01. The summed E-state index contributed by atoms with van der Waals surface area (Å²) in [5, 5.41) is 6.52. The van der Waals surface area contributed by atoms with Gasteiger partial charge in [0, 0.05) is 36.2 Å². The number of nitrogens with one attached hydrogen (secondary N) is 2. The van der Waals surface area contributed by atoms with Gasteiger partial charge in [-0.3, -0.25) is 4.98 Å². The molecule has 0 atom stereocenters. The van der Waals surface area contributed by atoms with E-state index >= 15 is 0 Å². The third-order valence-electron chi connectivity index (χ3n) is 3.80. The maximum absolute atomic E-state index is 4.45. The zero-order valence-corrected chi connectivity index (χ0v) is 15.6. The van der Waals surface area contributed by atoms with E-state index in [1.165, 1.54) is 16.7 Å². The van der Waals surface area contributed by atoms with E-state index < -0.39 is 0 Å². The van der Waals surface area contributed by atoms with Gasteiger partial charge in [-0.05, 0) is 63.6 Å². The van der Waals surface area contributed by atoms with Crippen LogP contribution in [-0.4, -0.2) is 18.1 Å². The van der Waals surface area contributed by atoms with E-state index in [0.29, 0.717) is 12.0 Å². The third kappa shape index (κ3) is 6.31. The number of hydrogen-bond acceptors (Lipinski definition) is 3. The summed E-state index contributed by atoms with van der Waals surface area (Å²) < 4.78 is 0. The normalized spacial score (nSPS) is 13.3. The Morgan fingerprint density at radius 2 is 1.87 bits per heavy atom. The van der Waals surface area contributed by atoms with E-state index in [4.69, 9.17) is 0 Å². The Morgan fingerprint density at radius 1 is 1.17 bits per heavy atom. The molecule has 1 aromatic rings. The Kier molecular flexibility index (Phi) is 7.60. The molecule has 0 unspecified atom stereocenters. The molecule has 0 aliphatic heterocycles. The second kappa shape index (κ2) is 9.19. The van der Waals surface area contributed by atoms with Crippen LogP contribution >= 0.6 is 0 Å². The molecule has 126 valence electrons. The number of hydrogen-bond donors (Lipinski definition) is 2. The van der Waals surface area contributed by atoms with E-state index in [9.17, 15) is 0 Å². The average Bonchev–Trinajstić information content (AvgIpc) is 2.48. The van der Waals surface area contributed by atoms with Crippen molar-refractivity contribution in [3.05, 3.63) is 52.6 Å². The van der Waals surface area contributed by atoms with Crippen LogP contribution < -0.4 is 10.6 Å². The fraction of sp³-hybridized carbons (Fsp3) is 0.450. The van der Waals surface area contributed by atoms with Gasteiger partial charge in [0.2, 0.25) is 0 Å². The number of pyridine rings is 1. The minimum Gasteiger partial charge on any atom is -0.389 e. The first-order valence-electron chi connectivity index (χ1n) is 8.31. The molecule has 1 aromatic heterocycles. The Hall–Kier alpha value is -2.03. The fourth-order valence-electron chi connectivity index (χ4n) is 2.01. The maximum atomic E-state index is 4.45. The van der Waals surface area contributed by atoms with Crippen molar-refractivity contribution in [2.45, 2.75) is 47.6 Å². The summed E-state index contributed by atoms with van der Waals surface area (Å²) in [6.45, 7) is 12.9. The van der Waals surface area contributed by atoms with E-state index in [0.717, 1.165) is 11.4 Å². The van der Waals surface area contributed by atoms with Crippen molar-refractivity contribution in [2.75, 3.05) is 7.05 Å². The van der Waals surface area contributed by atoms with Crippen LogP contribution in [0.25, 0.3) is 12.2 Å². The van der Waals surface area contributed by atoms with Crippen LogP contribution in [0.15, 0.2) is 35.8 Å². The van der Waals surface area contributed by atoms with Crippen molar-refractivity contribution >= 4 is 12.2 Å². The molecule has 0 radical (unpaired) electrons. The lowest BCUT2D eigenvalue weighted by molar-refractivity contribution is 0.702. The summed E-state index contributed by atoms with van der Waals surface area (Å²) in [5.74, 6) is 0.533. The number of allylic oxidation sites excluding steroid dienone is 2. The lowest BCUT2D eigenvalue weighted by Gasteiger charge is -2.11. The molecule has 1 heterocycles. The average molecular weight is 313 g/mol. The van der Waals surface area contributed by atoms with Crippen molar-refractivity contribution in [1.82, 2.24) is 15.6 Å². The molecule has 2 N–H and O–H groups in total. The highest BCUT2D eigenvalue weighted by atomic mass is 14.9. The van der Waals surface area contributed by atoms with Crippen molar-refractivity contribution in [3.8, 4) is 0 Å². The largest absolute Gasteiger partial charge is 0.389 e. The van der Waals surface area contributed by atoms with Crippen molar-refractivity contribution in [2.24, 2.45) is 5.92 Å². The Labute approximate surface area is 141 Å². The highest BCUT2D eigenvalue weighted by Gasteiger charge is 2.05. The predicted molar refractivity (Wildman–Crippen MR) is 102 cm³/mol. The Bertz CT molecular complexity index is 593. The van der Waals surface area contributed by atoms with E-state index in [2.05, 4.69) is 81.5 Å². The molecule has 0 saturated heterocycles. The highest BCUT2D eigenvalue weighted by Crippen LogP contribution is 2.21. The summed E-state index contributed by atoms with van der Waals surface area (Å²) in [7, 11) is 1.94. The van der Waals surface area contributed by atoms with Crippen LogP contribution in [-0.2, 0) is 0 Å². The van der Waals surface area contributed by atoms with Gasteiger partial charge in [0.05, 0.1) is 0 Å². The van der Waals surface area contributed by atoms with Gasteiger partial charge in [-0.1, -0.05) is 25.5 Å². The zero-order chi connectivity index (χ0) is 17.4. The molecule has 0 fully saturated rings. The van der Waals surface area contributed by atoms with E-state index in [1.807, 2.05) is 19.4 Å². The Balaban J connectivity index is 3.21. The molecular formula is C20H31N3. The van der Waals surface area contributed by atoms with E-state index in [-0.39, 0.29) is 0 Å². The molecule has 3 nitrogen and oxygen atoms in total. The van der Waals surface area contributed by atoms with Crippen LogP contribution in [0, 0.1) is 12.8 Å². The number of aromatic nitrogens is 1. The molecule has 0 spiro atoms. The van der Waals surface area contributed by atoms with Gasteiger partial charge in [0.15, 0.2) is 0 Å². The molecule has 0 aliphatic carbocycles. The van der Waals surface area contributed by atoms with Gasteiger partial charge < -0.3 is 10.6 Å². The minimum atomic E-state index is 0.430. The topological polar surface area (TPSA) is 37.0 Å². The first kappa shape index (κ1) is 19.0. The lowest BCUT2D eigenvalue weighted by Crippen LogP contribution is -2.16. The molecule has 3 heteroatoms. The predicted octanol–water partition coefficient (Wildman–Crippen LogP) is 4.52. The van der Waals surface area contributed by atoms with Crippen LogP contribution in [0.4, 0.5) is 0 Å². The van der Waals surface area contributed by atoms with Crippen LogP contribution in [0.2, 0.25) is 0 Å². The lowest BCUT2D eigenvalue weighted by atomic mass is 9.98. The van der Waals surface area contributed by atoms with Crippen molar-refractivity contribution in [1.29, 1.82) is 0 Å². The zero-order valence-electron chi connectivity index (χ0n) is 15.6. The molecular weight excluding hydrogens is 282 g/mol. The third-order valence-corrected chi connectivity index (χ3v) is 3.80. The van der Waals surface area contributed by atoms with Crippen LogP contribution in [0.5, 0.6) is 0 Å². The van der Waals surface area contributed by atoms with Crippen molar-refractivity contribution < 1.29 is 0 Å². The van der Waals surface area contributed by atoms with Crippen LogP contribution in [0.3, 0.4) is 0 Å². The standard InChI is InChI=1S/C20H31N3/c1-14(2)16(5)12-20-17(6)23-10-8-18(20)13-19(21-7)9-11-22-15(3)4/h8-15,21-22H,1-7H3/b11-9-,16-12+,19-13+. The quantitative estimate of drug-likeness (QED) is 0.727. The summed E-state index contributed by atoms with van der Waals surface area (Å²) >= 11 is 0. The Morgan fingerprint density at radius 3 is 2.43 bits per heavy atom. The number of rotatable bonds is 7.